The Hall–Kier alpha value is -2.41. The summed E-state index contributed by atoms with van der Waals surface area (Å²) >= 11 is 0. The van der Waals surface area contributed by atoms with E-state index in [9.17, 15) is 14.7 Å². The lowest BCUT2D eigenvalue weighted by molar-refractivity contribution is -0.135. The lowest BCUT2D eigenvalue weighted by Gasteiger charge is -2.35. The van der Waals surface area contributed by atoms with Gasteiger partial charge in [0.1, 0.15) is 11.7 Å². The molecule has 1 saturated heterocycles. The summed E-state index contributed by atoms with van der Waals surface area (Å²) in [5, 5.41) is 10.5. The van der Waals surface area contributed by atoms with E-state index in [2.05, 4.69) is 9.97 Å². The third kappa shape index (κ3) is 2.19. The summed E-state index contributed by atoms with van der Waals surface area (Å²) in [6.07, 6.45) is 4.08. The van der Waals surface area contributed by atoms with Crippen LogP contribution in [0, 0.1) is 0 Å². The smallest absolute Gasteiger partial charge is 0.257 e. The van der Waals surface area contributed by atoms with Crippen LogP contribution in [0.2, 0.25) is 0 Å². The van der Waals surface area contributed by atoms with E-state index in [1.807, 2.05) is 13.0 Å². The Morgan fingerprint density at radius 3 is 3.08 bits per heavy atom. The first-order valence-corrected chi connectivity index (χ1v) is 8.33. The standard InChI is InChI=1S/C17H20N4O3/c1-2-13(17(24)20-6-4-11(22)9-20)21-8-10-3-5-18-15-14(10)12(7-19-15)16(21)23/h3,5,7,11,13,22H,2,4,6,8-9H2,1H3,(H,18,19)/t11?,13-/m1/s1. The van der Waals surface area contributed by atoms with E-state index in [0.29, 0.717) is 43.7 Å². The Morgan fingerprint density at radius 2 is 2.38 bits per heavy atom. The Balaban J connectivity index is 1.66. The predicted molar refractivity (Wildman–Crippen MR) is 87.3 cm³/mol. The maximum Gasteiger partial charge on any atom is 0.257 e. The molecular formula is C17H20N4O3. The van der Waals surface area contributed by atoms with Gasteiger partial charge in [-0.25, -0.2) is 4.98 Å². The summed E-state index contributed by atoms with van der Waals surface area (Å²) < 4.78 is 0. The fraction of sp³-hybridized carbons (Fsp3) is 0.471. The van der Waals surface area contributed by atoms with Gasteiger partial charge in [-0.1, -0.05) is 6.92 Å². The summed E-state index contributed by atoms with van der Waals surface area (Å²) in [5.74, 6) is -0.214. The van der Waals surface area contributed by atoms with Crippen LogP contribution >= 0.6 is 0 Å². The summed E-state index contributed by atoms with van der Waals surface area (Å²) in [5.41, 5.74) is 2.29. The molecule has 126 valence electrons. The van der Waals surface area contributed by atoms with Crippen LogP contribution in [0.3, 0.4) is 0 Å². The van der Waals surface area contributed by atoms with Crippen molar-refractivity contribution in [3.63, 3.8) is 0 Å². The van der Waals surface area contributed by atoms with Crippen molar-refractivity contribution < 1.29 is 14.7 Å². The van der Waals surface area contributed by atoms with Crippen molar-refractivity contribution in [1.82, 2.24) is 19.8 Å². The maximum atomic E-state index is 12.9. The minimum atomic E-state index is -0.505. The number of amides is 2. The summed E-state index contributed by atoms with van der Waals surface area (Å²) in [6, 6.07) is 1.39. The van der Waals surface area contributed by atoms with Gasteiger partial charge in [-0.05, 0) is 24.5 Å². The molecule has 0 aliphatic carbocycles. The topological polar surface area (TPSA) is 89.5 Å². The summed E-state index contributed by atoms with van der Waals surface area (Å²) in [4.78, 5) is 36.4. The first-order chi connectivity index (χ1) is 11.6. The van der Waals surface area contributed by atoms with Gasteiger partial charge in [0.15, 0.2) is 0 Å². The van der Waals surface area contributed by atoms with Crippen molar-refractivity contribution in [3.05, 3.63) is 29.6 Å². The molecule has 4 rings (SSSR count). The fourth-order valence-electron chi connectivity index (χ4n) is 3.77. The molecule has 0 bridgehead atoms. The second-order valence-corrected chi connectivity index (χ2v) is 6.48. The van der Waals surface area contributed by atoms with Gasteiger partial charge in [-0.3, -0.25) is 9.59 Å². The Morgan fingerprint density at radius 1 is 1.54 bits per heavy atom. The van der Waals surface area contributed by atoms with Gasteiger partial charge in [0.25, 0.3) is 5.91 Å². The zero-order valence-corrected chi connectivity index (χ0v) is 13.5. The Bertz CT molecular complexity index is 815. The van der Waals surface area contributed by atoms with Crippen molar-refractivity contribution in [3.8, 4) is 0 Å². The first kappa shape index (κ1) is 15.1. The molecule has 2 amide bonds. The van der Waals surface area contributed by atoms with Crippen LogP contribution in [0.15, 0.2) is 18.5 Å². The average molecular weight is 328 g/mol. The highest BCUT2D eigenvalue weighted by Gasteiger charge is 2.38. The van der Waals surface area contributed by atoms with Crippen molar-refractivity contribution in [2.75, 3.05) is 13.1 Å². The molecule has 2 aliphatic rings. The quantitative estimate of drug-likeness (QED) is 0.876. The molecule has 0 radical (unpaired) electrons. The third-order valence-corrected chi connectivity index (χ3v) is 5.01. The second kappa shape index (κ2) is 5.59. The van der Waals surface area contributed by atoms with Crippen molar-refractivity contribution in [2.24, 2.45) is 0 Å². The molecule has 0 spiro atoms. The monoisotopic (exact) mass is 328 g/mol. The second-order valence-electron chi connectivity index (χ2n) is 6.48. The number of rotatable bonds is 3. The number of nitrogens with zero attached hydrogens (tertiary/aromatic N) is 3. The highest BCUT2D eigenvalue weighted by Crippen LogP contribution is 2.30. The molecule has 4 heterocycles. The Labute approximate surface area is 139 Å². The van der Waals surface area contributed by atoms with Gasteiger partial charge in [0.05, 0.1) is 11.7 Å². The zero-order valence-electron chi connectivity index (χ0n) is 13.5. The zero-order chi connectivity index (χ0) is 16.8. The van der Waals surface area contributed by atoms with Crippen LogP contribution in [0.25, 0.3) is 11.0 Å². The predicted octanol–water partition coefficient (Wildman–Crippen LogP) is 0.890. The molecule has 7 nitrogen and oxygen atoms in total. The number of hydrogen-bond acceptors (Lipinski definition) is 4. The minimum absolute atomic E-state index is 0.0771. The van der Waals surface area contributed by atoms with E-state index in [1.165, 1.54) is 0 Å². The molecule has 0 aromatic carbocycles. The number of carbonyl (C=O) groups excluding carboxylic acids is 2. The van der Waals surface area contributed by atoms with E-state index in [0.717, 1.165) is 10.9 Å². The fourth-order valence-corrected chi connectivity index (χ4v) is 3.77. The molecule has 2 aromatic heterocycles. The molecule has 0 saturated carbocycles. The van der Waals surface area contributed by atoms with E-state index in [-0.39, 0.29) is 11.8 Å². The molecule has 24 heavy (non-hydrogen) atoms. The number of pyridine rings is 1. The van der Waals surface area contributed by atoms with E-state index in [4.69, 9.17) is 0 Å². The number of carbonyl (C=O) groups is 2. The number of hydrogen-bond donors (Lipinski definition) is 2. The first-order valence-electron chi connectivity index (χ1n) is 8.33. The molecule has 7 heteroatoms. The van der Waals surface area contributed by atoms with Crippen LogP contribution in [0.4, 0.5) is 0 Å². The van der Waals surface area contributed by atoms with Gasteiger partial charge < -0.3 is 19.9 Å². The van der Waals surface area contributed by atoms with Crippen LogP contribution in [0.1, 0.15) is 35.7 Å². The normalized spacial score (nSPS) is 21.6. The van der Waals surface area contributed by atoms with Gasteiger partial charge in [-0.2, -0.15) is 0 Å². The number of aliphatic hydroxyl groups is 1. The lowest BCUT2D eigenvalue weighted by Crippen LogP contribution is -2.51. The number of aromatic amines is 1. The van der Waals surface area contributed by atoms with Crippen molar-refractivity contribution in [2.45, 2.75) is 38.5 Å². The molecule has 1 unspecified atom stereocenters. The van der Waals surface area contributed by atoms with Crippen LogP contribution in [-0.4, -0.2) is 61.9 Å². The SMILES string of the molecule is CC[C@H](C(=O)N1CCC(O)C1)N1Cc2ccnc3[nH]cc(c23)C1=O. The average Bonchev–Trinajstić information content (AvgIpc) is 3.20. The van der Waals surface area contributed by atoms with Gasteiger partial charge in [-0.15, -0.1) is 0 Å². The van der Waals surface area contributed by atoms with Gasteiger partial charge >= 0.3 is 0 Å². The number of likely N-dealkylation sites (tertiary alicyclic amines) is 1. The molecular weight excluding hydrogens is 308 g/mol. The molecule has 1 fully saturated rings. The molecule has 2 aliphatic heterocycles. The lowest BCUT2D eigenvalue weighted by atomic mass is 10.00. The van der Waals surface area contributed by atoms with Crippen LogP contribution in [-0.2, 0) is 11.3 Å². The number of aromatic nitrogens is 2. The molecule has 2 N–H and O–H groups in total. The van der Waals surface area contributed by atoms with Crippen LogP contribution in [0.5, 0.6) is 0 Å². The third-order valence-electron chi connectivity index (χ3n) is 5.01. The van der Waals surface area contributed by atoms with E-state index in [1.54, 1.807) is 22.2 Å². The summed E-state index contributed by atoms with van der Waals surface area (Å²) in [6.45, 7) is 3.22. The molecule has 2 atom stereocenters. The van der Waals surface area contributed by atoms with E-state index < -0.39 is 12.1 Å². The van der Waals surface area contributed by atoms with Gasteiger partial charge in [0.2, 0.25) is 5.91 Å². The molecule has 2 aromatic rings. The van der Waals surface area contributed by atoms with Crippen LogP contribution < -0.4 is 0 Å². The van der Waals surface area contributed by atoms with Crippen molar-refractivity contribution in [1.29, 1.82) is 0 Å². The highest BCUT2D eigenvalue weighted by atomic mass is 16.3. The van der Waals surface area contributed by atoms with Gasteiger partial charge in [0, 0.05) is 37.4 Å². The number of aliphatic hydroxyl groups excluding tert-OH is 1. The summed E-state index contributed by atoms with van der Waals surface area (Å²) in [7, 11) is 0. The number of H-pyrrole nitrogens is 1. The number of β-amino-alcohol motifs (C(OH)–C–C–N with tert-alkyl or cyclic N) is 1. The minimum Gasteiger partial charge on any atom is -0.391 e. The van der Waals surface area contributed by atoms with Crippen molar-refractivity contribution >= 4 is 22.8 Å². The largest absolute Gasteiger partial charge is 0.391 e. The van der Waals surface area contributed by atoms with E-state index >= 15 is 0 Å². The number of nitrogens with one attached hydrogen (secondary N) is 1. The Kier molecular flexibility index (Phi) is 3.53. The maximum absolute atomic E-state index is 12.9. The highest BCUT2D eigenvalue weighted by molar-refractivity contribution is 6.10.